The van der Waals surface area contributed by atoms with Crippen molar-refractivity contribution in [3.05, 3.63) is 53.5 Å². The van der Waals surface area contributed by atoms with E-state index in [-0.39, 0.29) is 21.5 Å². The van der Waals surface area contributed by atoms with Crippen LogP contribution in [0.15, 0.2) is 31.3 Å². The molecule has 0 spiro atoms. The molecule has 24 heavy (non-hydrogen) atoms. The van der Waals surface area contributed by atoms with Gasteiger partial charge < -0.3 is 10.0 Å². The molecule has 1 amide bonds. The number of rotatable bonds is 3. The average molecular weight is 331 g/mol. The first-order valence-electron chi connectivity index (χ1n) is 6.99. The van der Waals surface area contributed by atoms with Crippen LogP contribution in [0.3, 0.4) is 0 Å². The molecule has 0 saturated carbocycles. The van der Waals surface area contributed by atoms with Crippen molar-refractivity contribution >= 4 is 27.5 Å². The number of hydrogen-bond acceptors (Lipinski definition) is 6. The van der Waals surface area contributed by atoms with E-state index in [9.17, 15) is 24.0 Å². The topological polar surface area (TPSA) is 119 Å². The number of carbonyl (C=O) groups excluding carboxylic acids is 1. The largest absolute Gasteiger partial charge is 0.376 e. The van der Waals surface area contributed by atoms with Gasteiger partial charge in [0.1, 0.15) is 13.3 Å². The molecule has 3 aromatic rings. The Hall–Kier alpha value is -3.07. The smallest absolute Gasteiger partial charge is 0.263 e. The number of fused-ring (bicyclic) bond motifs is 2. The van der Waals surface area contributed by atoms with Crippen LogP contribution in [0.1, 0.15) is 0 Å². The predicted octanol–water partition coefficient (Wildman–Crippen LogP) is -2.05. The van der Waals surface area contributed by atoms with Gasteiger partial charge in [0.2, 0.25) is 5.91 Å². The van der Waals surface area contributed by atoms with Gasteiger partial charge in [0.05, 0.1) is 21.5 Å². The zero-order valence-corrected chi connectivity index (χ0v) is 12.9. The van der Waals surface area contributed by atoms with E-state index in [2.05, 4.69) is 0 Å². The molecule has 0 saturated heterocycles. The number of aliphatic hydroxyl groups is 1. The second-order valence-corrected chi connectivity index (χ2v) is 5.61. The summed E-state index contributed by atoms with van der Waals surface area (Å²) in [5.41, 5.74) is -2.86. The van der Waals surface area contributed by atoms with Crippen molar-refractivity contribution in [2.75, 3.05) is 14.1 Å². The Morgan fingerprint density at radius 3 is 1.58 bits per heavy atom. The van der Waals surface area contributed by atoms with E-state index in [1.807, 2.05) is 0 Å². The van der Waals surface area contributed by atoms with Gasteiger partial charge >= 0.3 is 0 Å². The summed E-state index contributed by atoms with van der Waals surface area (Å²) < 4.78 is 1.39. The number of aliphatic hydroxyl groups excluding tert-OH is 1. The van der Waals surface area contributed by atoms with E-state index in [1.54, 1.807) is 0 Å². The summed E-state index contributed by atoms with van der Waals surface area (Å²) in [6.45, 7) is -1.21. The highest BCUT2D eigenvalue weighted by atomic mass is 16.3. The van der Waals surface area contributed by atoms with Crippen LogP contribution in [0.5, 0.6) is 0 Å². The first kappa shape index (κ1) is 15.8. The molecular weight excluding hydrogens is 318 g/mol. The fraction of sp³-hybridized carbons (Fsp3) is 0.267. The molecule has 124 valence electrons. The average Bonchev–Trinajstić information content (AvgIpc) is 2.92. The number of amides is 1. The van der Waals surface area contributed by atoms with Crippen molar-refractivity contribution in [3.63, 3.8) is 0 Å². The lowest BCUT2D eigenvalue weighted by Crippen LogP contribution is -2.34. The number of benzene rings is 1. The zero-order valence-electron chi connectivity index (χ0n) is 12.9. The Bertz CT molecular complexity index is 1110. The molecule has 0 aliphatic heterocycles. The van der Waals surface area contributed by atoms with Crippen LogP contribution in [-0.4, -0.2) is 39.1 Å². The van der Waals surface area contributed by atoms with Crippen molar-refractivity contribution in [2.24, 2.45) is 0 Å². The first-order chi connectivity index (χ1) is 11.3. The summed E-state index contributed by atoms with van der Waals surface area (Å²) in [6.07, 6.45) is 0. The van der Waals surface area contributed by atoms with Crippen LogP contribution >= 0.6 is 0 Å². The molecule has 1 N–H and O–H groups in total. The lowest BCUT2D eigenvalue weighted by molar-refractivity contribution is -0.129. The van der Waals surface area contributed by atoms with Crippen LogP contribution in [0.2, 0.25) is 0 Å². The third-order valence-electron chi connectivity index (χ3n) is 3.99. The summed E-state index contributed by atoms with van der Waals surface area (Å²) in [6, 6.07) is 2.34. The molecule has 2 aromatic heterocycles. The van der Waals surface area contributed by atoms with Gasteiger partial charge in [0, 0.05) is 14.1 Å². The molecule has 9 nitrogen and oxygen atoms in total. The molecule has 0 atom stereocenters. The highest BCUT2D eigenvalue weighted by Crippen LogP contribution is 2.14. The third-order valence-corrected chi connectivity index (χ3v) is 3.99. The van der Waals surface area contributed by atoms with Crippen molar-refractivity contribution in [1.29, 1.82) is 0 Å². The van der Waals surface area contributed by atoms with Crippen molar-refractivity contribution in [1.82, 2.24) is 14.0 Å². The van der Waals surface area contributed by atoms with Gasteiger partial charge in [-0.2, -0.15) is 0 Å². The van der Waals surface area contributed by atoms with Gasteiger partial charge in [-0.1, -0.05) is 0 Å². The van der Waals surface area contributed by atoms with Crippen molar-refractivity contribution < 1.29 is 9.90 Å². The Balaban J connectivity index is 2.37. The molecule has 0 aliphatic carbocycles. The second kappa shape index (κ2) is 5.24. The summed E-state index contributed by atoms with van der Waals surface area (Å²) in [7, 11) is 2.99. The molecule has 9 heteroatoms. The van der Waals surface area contributed by atoms with E-state index >= 15 is 0 Å². The SMILES string of the molecule is CN(C)C(=O)Cn1c(=O)c2cc3c(=O)n(CO)c(=O)c3cc2c1=O. The van der Waals surface area contributed by atoms with E-state index < -0.39 is 41.4 Å². The third kappa shape index (κ3) is 2.02. The normalized spacial score (nSPS) is 11.5. The second-order valence-electron chi connectivity index (χ2n) is 5.61. The Kier molecular flexibility index (Phi) is 3.45. The number of aromatic nitrogens is 2. The highest BCUT2D eigenvalue weighted by Gasteiger charge is 2.20. The quantitative estimate of drug-likeness (QED) is 0.590. The number of nitrogens with zero attached hydrogens (tertiary/aromatic N) is 3. The molecule has 3 rings (SSSR count). The van der Waals surface area contributed by atoms with Gasteiger partial charge in [0.25, 0.3) is 22.2 Å². The van der Waals surface area contributed by atoms with E-state index in [4.69, 9.17) is 5.11 Å². The fourth-order valence-corrected chi connectivity index (χ4v) is 2.62. The first-order valence-corrected chi connectivity index (χ1v) is 6.99. The molecule has 2 heterocycles. The van der Waals surface area contributed by atoms with Gasteiger partial charge in [-0.25, -0.2) is 0 Å². The van der Waals surface area contributed by atoms with Crippen LogP contribution in [0.4, 0.5) is 0 Å². The molecule has 0 aliphatic rings. The zero-order chi connectivity index (χ0) is 17.8. The van der Waals surface area contributed by atoms with E-state index in [1.165, 1.54) is 31.1 Å². The van der Waals surface area contributed by atoms with Crippen LogP contribution < -0.4 is 22.2 Å². The highest BCUT2D eigenvalue weighted by molar-refractivity contribution is 5.98. The minimum absolute atomic E-state index is 0.0359. The fourth-order valence-electron chi connectivity index (χ4n) is 2.62. The van der Waals surface area contributed by atoms with Crippen LogP contribution in [0.25, 0.3) is 21.5 Å². The predicted molar refractivity (Wildman–Crippen MR) is 85.8 cm³/mol. The van der Waals surface area contributed by atoms with Crippen LogP contribution in [-0.2, 0) is 18.1 Å². The maximum Gasteiger partial charge on any atom is 0.263 e. The number of hydrogen-bond donors (Lipinski definition) is 1. The van der Waals surface area contributed by atoms with Gasteiger partial charge in [-0.15, -0.1) is 0 Å². The van der Waals surface area contributed by atoms with Crippen molar-refractivity contribution in [3.8, 4) is 0 Å². The minimum atomic E-state index is -0.789. The Labute approximate surface area is 133 Å². The minimum Gasteiger partial charge on any atom is -0.376 e. The molecule has 0 radical (unpaired) electrons. The monoisotopic (exact) mass is 331 g/mol. The van der Waals surface area contributed by atoms with Gasteiger partial charge in [-0.3, -0.25) is 33.1 Å². The molecule has 0 fully saturated rings. The Morgan fingerprint density at radius 2 is 1.25 bits per heavy atom. The molecular formula is C15H13N3O6. The summed E-state index contributed by atoms with van der Waals surface area (Å²) in [4.78, 5) is 61.9. The van der Waals surface area contributed by atoms with Crippen molar-refractivity contribution in [2.45, 2.75) is 13.3 Å². The van der Waals surface area contributed by atoms with Crippen LogP contribution in [0, 0.1) is 0 Å². The van der Waals surface area contributed by atoms with Gasteiger partial charge in [-0.05, 0) is 12.1 Å². The number of likely N-dealkylation sites (N-methyl/N-ethyl adjacent to an activating group) is 1. The maximum absolute atomic E-state index is 12.4. The summed E-state index contributed by atoms with van der Waals surface area (Å²) in [5.74, 6) is -0.435. The summed E-state index contributed by atoms with van der Waals surface area (Å²) >= 11 is 0. The number of carbonyl (C=O) groups is 1. The standard InChI is InChI=1S/C15H13N3O6/c1-16(2)11(20)5-17-12(21)7-3-9-10(4-8(7)13(17)22)15(24)18(6-19)14(9)23/h3-4,19H,5-6H2,1-2H3. The molecule has 0 bridgehead atoms. The van der Waals surface area contributed by atoms with Gasteiger partial charge in [0.15, 0.2) is 0 Å². The summed E-state index contributed by atoms with van der Waals surface area (Å²) in [5, 5.41) is 8.92. The Morgan fingerprint density at radius 1 is 0.875 bits per heavy atom. The van der Waals surface area contributed by atoms with E-state index in [0.717, 1.165) is 4.57 Å². The maximum atomic E-state index is 12.4. The molecule has 0 unspecified atom stereocenters. The lowest BCUT2D eigenvalue weighted by atomic mass is 10.1. The molecule has 1 aromatic carbocycles. The van der Waals surface area contributed by atoms with E-state index in [0.29, 0.717) is 4.57 Å². The lowest BCUT2D eigenvalue weighted by Gasteiger charge is -2.09.